The number of hydrogen-bond donors (Lipinski definition) is 0. The highest BCUT2D eigenvalue weighted by molar-refractivity contribution is 7.26. The number of para-hydroxylation sites is 1. The van der Waals surface area contributed by atoms with Gasteiger partial charge in [0.2, 0.25) is 0 Å². The van der Waals surface area contributed by atoms with E-state index in [0.29, 0.717) is 17.5 Å². The number of thiophene rings is 1. The van der Waals surface area contributed by atoms with Crippen molar-refractivity contribution in [2.24, 2.45) is 0 Å². The van der Waals surface area contributed by atoms with Crippen LogP contribution in [0.4, 0.5) is 0 Å². The maximum absolute atomic E-state index is 5.41. The lowest BCUT2D eigenvalue weighted by molar-refractivity contribution is 1.07. The summed E-state index contributed by atoms with van der Waals surface area (Å²) in [5.41, 5.74) is 12.9. The van der Waals surface area contributed by atoms with Crippen LogP contribution in [0, 0.1) is 0 Å². The summed E-state index contributed by atoms with van der Waals surface area (Å²) >= 11 is 1.84. The lowest BCUT2D eigenvalue weighted by atomic mass is 9.96. The third kappa shape index (κ3) is 6.48. The molecule has 0 unspecified atom stereocenters. The van der Waals surface area contributed by atoms with Gasteiger partial charge in [0, 0.05) is 58.9 Å². The third-order valence-corrected chi connectivity index (χ3v) is 14.1. The largest absolute Gasteiger partial charge is 0.309 e. The molecule has 66 heavy (non-hydrogen) atoms. The summed E-state index contributed by atoms with van der Waals surface area (Å²) in [6, 6.07) is 82.3. The van der Waals surface area contributed by atoms with Gasteiger partial charge in [-0.2, -0.15) is 0 Å². The van der Waals surface area contributed by atoms with E-state index in [2.05, 4.69) is 223 Å². The van der Waals surface area contributed by atoms with Crippen LogP contribution < -0.4 is 0 Å². The van der Waals surface area contributed by atoms with E-state index in [0.717, 1.165) is 66.8 Å². The van der Waals surface area contributed by atoms with Crippen molar-refractivity contribution in [1.82, 2.24) is 19.5 Å². The Bertz CT molecular complexity index is 3980. The van der Waals surface area contributed by atoms with Crippen LogP contribution in [0.15, 0.2) is 231 Å². The highest BCUT2D eigenvalue weighted by Gasteiger charge is 2.21. The standard InChI is InChI=1S/C61H38N4S/c1-3-15-39(16-4-1)41-29-31-42(32-30-41)59-62-60(46-22-13-21-43(35-46)40-17-5-2-6-18-40)64-61(63-59)52-34-33-47(38-53(52)51-26-14-25-50-49-24-10-12-28-57(49)66-58(50)51)65-55-27-11-9-23-48(55)54-36-44-19-7-8-20-45(44)37-56(54)65/h1-38H. The predicted molar refractivity (Wildman–Crippen MR) is 277 cm³/mol. The number of fused-ring (bicyclic) bond motifs is 7. The van der Waals surface area contributed by atoms with Crippen LogP contribution in [-0.2, 0) is 0 Å². The van der Waals surface area contributed by atoms with Crippen molar-refractivity contribution in [3.8, 4) is 73.2 Å². The zero-order chi connectivity index (χ0) is 43.6. The Hall–Kier alpha value is -8.51. The smallest absolute Gasteiger partial charge is 0.164 e. The Kier molecular flexibility index (Phi) is 9.00. The number of hydrogen-bond acceptors (Lipinski definition) is 4. The monoisotopic (exact) mass is 858 g/mol. The fraction of sp³-hybridized carbons (Fsp3) is 0. The van der Waals surface area contributed by atoms with E-state index in [1.54, 1.807) is 0 Å². The van der Waals surface area contributed by atoms with Crippen LogP contribution in [0.1, 0.15) is 0 Å². The average Bonchev–Trinajstić information content (AvgIpc) is 3.94. The van der Waals surface area contributed by atoms with E-state index < -0.39 is 0 Å². The second-order valence-electron chi connectivity index (χ2n) is 16.8. The zero-order valence-electron chi connectivity index (χ0n) is 35.6. The maximum Gasteiger partial charge on any atom is 0.164 e. The minimum atomic E-state index is 0.611. The van der Waals surface area contributed by atoms with Gasteiger partial charge in [-0.1, -0.05) is 182 Å². The van der Waals surface area contributed by atoms with Crippen molar-refractivity contribution in [1.29, 1.82) is 0 Å². The molecule has 0 N–H and O–H groups in total. The highest BCUT2D eigenvalue weighted by atomic mass is 32.1. The Labute approximate surface area is 385 Å². The van der Waals surface area contributed by atoms with Crippen LogP contribution >= 0.6 is 11.3 Å². The van der Waals surface area contributed by atoms with Crippen molar-refractivity contribution in [3.63, 3.8) is 0 Å². The summed E-state index contributed by atoms with van der Waals surface area (Å²) in [4.78, 5) is 16.0. The molecule has 308 valence electrons. The predicted octanol–water partition coefficient (Wildman–Crippen LogP) is 16.5. The van der Waals surface area contributed by atoms with E-state index in [9.17, 15) is 0 Å². The first-order valence-corrected chi connectivity index (χ1v) is 23.1. The summed E-state index contributed by atoms with van der Waals surface area (Å²) in [5, 5.41) is 7.38. The first kappa shape index (κ1) is 38.0. The molecular weight excluding hydrogens is 821 g/mol. The van der Waals surface area contributed by atoms with Crippen LogP contribution in [0.2, 0.25) is 0 Å². The molecule has 0 aliphatic heterocycles. The third-order valence-electron chi connectivity index (χ3n) is 12.9. The second kappa shape index (κ2) is 15.6. The number of aromatic nitrogens is 4. The summed E-state index contributed by atoms with van der Waals surface area (Å²) in [6.07, 6.45) is 0. The van der Waals surface area contributed by atoms with E-state index in [4.69, 9.17) is 15.0 Å². The van der Waals surface area contributed by atoms with Crippen LogP contribution in [0.5, 0.6) is 0 Å². The fourth-order valence-corrected chi connectivity index (χ4v) is 10.9. The summed E-state index contributed by atoms with van der Waals surface area (Å²) < 4.78 is 4.91. The minimum Gasteiger partial charge on any atom is -0.309 e. The van der Waals surface area contributed by atoms with E-state index in [-0.39, 0.29) is 0 Å². The Balaban J connectivity index is 1.07. The molecule has 0 aliphatic rings. The number of benzene rings is 10. The highest BCUT2D eigenvalue weighted by Crippen LogP contribution is 2.44. The molecule has 3 heterocycles. The fourth-order valence-electron chi connectivity index (χ4n) is 9.65. The van der Waals surface area contributed by atoms with Gasteiger partial charge in [0.15, 0.2) is 17.5 Å². The van der Waals surface area contributed by atoms with Gasteiger partial charge in [-0.15, -0.1) is 11.3 Å². The van der Waals surface area contributed by atoms with Gasteiger partial charge in [0.1, 0.15) is 0 Å². The summed E-state index contributed by atoms with van der Waals surface area (Å²) in [7, 11) is 0. The molecule has 0 spiro atoms. The molecule has 4 nitrogen and oxygen atoms in total. The molecular formula is C61H38N4S. The Morgan fingerprint density at radius 2 is 0.879 bits per heavy atom. The molecule has 0 amide bonds. The molecule has 5 heteroatoms. The first-order valence-electron chi connectivity index (χ1n) is 22.3. The quantitative estimate of drug-likeness (QED) is 0.160. The van der Waals surface area contributed by atoms with Gasteiger partial charge in [-0.05, 0) is 87.1 Å². The summed E-state index contributed by atoms with van der Waals surface area (Å²) in [6.45, 7) is 0. The molecule has 0 radical (unpaired) electrons. The van der Waals surface area contributed by atoms with Gasteiger partial charge in [-0.25, -0.2) is 15.0 Å². The van der Waals surface area contributed by atoms with E-state index in [1.165, 1.54) is 41.7 Å². The van der Waals surface area contributed by atoms with Crippen molar-refractivity contribution < 1.29 is 0 Å². The number of rotatable bonds is 7. The lowest BCUT2D eigenvalue weighted by Gasteiger charge is -2.16. The van der Waals surface area contributed by atoms with Gasteiger partial charge in [0.25, 0.3) is 0 Å². The van der Waals surface area contributed by atoms with Gasteiger partial charge >= 0.3 is 0 Å². The van der Waals surface area contributed by atoms with E-state index >= 15 is 0 Å². The molecule has 0 aliphatic carbocycles. The molecule has 0 saturated carbocycles. The Morgan fingerprint density at radius 1 is 0.303 bits per heavy atom. The van der Waals surface area contributed by atoms with E-state index in [1.807, 2.05) is 23.5 Å². The molecule has 0 bridgehead atoms. The van der Waals surface area contributed by atoms with Crippen molar-refractivity contribution >= 4 is 64.1 Å². The van der Waals surface area contributed by atoms with Crippen molar-refractivity contribution in [2.75, 3.05) is 0 Å². The molecule has 3 aromatic heterocycles. The van der Waals surface area contributed by atoms with Crippen molar-refractivity contribution in [2.45, 2.75) is 0 Å². The molecule has 0 atom stereocenters. The molecule has 13 aromatic rings. The van der Waals surface area contributed by atoms with Gasteiger partial charge in [0.05, 0.1) is 11.0 Å². The molecule has 13 rings (SSSR count). The van der Waals surface area contributed by atoms with Crippen LogP contribution in [-0.4, -0.2) is 19.5 Å². The van der Waals surface area contributed by atoms with Gasteiger partial charge < -0.3 is 4.57 Å². The summed E-state index contributed by atoms with van der Waals surface area (Å²) in [5.74, 6) is 1.84. The minimum absolute atomic E-state index is 0.611. The lowest BCUT2D eigenvalue weighted by Crippen LogP contribution is -2.02. The molecule has 0 saturated heterocycles. The Morgan fingerprint density at radius 3 is 1.68 bits per heavy atom. The first-order chi connectivity index (χ1) is 32.7. The van der Waals surface area contributed by atoms with Crippen molar-refractivity contribution in [3.05, 3.63) is 231 Å². The zero-order valence-corrected chi connectivity index (χ0v) is 36.5. The van der Waals surface area contributed by atoms with Crippen LogP contribution in [0.25, 0.3) is 126 Å². The molecule has 0 fully saturated rings. The SMILES string of the molecule is c1ccc(-c2ccc(-c3nc(-c4cccc(-c5ccccc5)c4)nc(-c4ccc(-n5c6ccccc6c6cc7ccccc7cc65)cc4-c4cccc5c4sc4ccccc45)n3)cc2)cc1. The average molecular weight is 859 g/mol. The normalized spacial score (nSPS) is 11.6. The topological polar surface area (TPSA) is 43.6 Å². The maximum atomic E-state index is 5.41. The second-order valence-corrected chi connectivity index (χ2v) is 17.8. The number of nitrogens with zero attached hydrogens (tertiary/aromatic N) is 4. The van der Waals surface area contributed by atoms with Crippen LogP contribution in [0.3, 0.4) is 0 Å². The van der Waals surface area contributed by atoms with Gasteiger partial charge in [-0.3, -0.25) is 0 Å². The molecule has 10 aromatic carbocycles.